The minimum Gasteiger partial charge on any atom is -0.484 e. The van der Waals surface area contributed by atoms with E-state index in [1.54, 1.807) is 23.1 Å². The Morgan fingerprint density at radius 2 is 2.10 bits per heavy atom. The van der Waals surface area contributed by atoms with Gasteiger partial charge < -0.3 is 9.64 Å². The number of carbonyl (C=O) groups excluding carboxylic acids is 2. The van der Waals surface area contributed by atoms with Crippen LogP contribution in [0, 0.1) is 0 Å². The van der Waals surface area contributed by atoms with Gasteiger partial charge in [-0.1, -0.05) is 6.92 Å². The highest BCUT2D eigenvalue weighted by Crippen LogP contribution is 2.38. The Balaban J connectivity index is 2.49. The van der Waals surface area contributed by atoms with Gasteiger partial charge in [0.2, 0.25) is 5.91 Å². The molecule has 1 heterocycles. The molecule has 0 spiro atoms. The maximum atomic E-state index is 12.1. The molecule has 0 aliphatic carbocycles. The molecule has 1 aromatic rings. The monoisotopic (exact) mass is 295 g/mol. The maximum Gasteiger partial charge on any atom is 0.226 e. The third kappa shape index (κ3) is 2.80. The molecule has 0 aromatic heterocycles. The number of anilines is 1. The highest BCUT2D eigenvalue weighted by Gasteiger charge is 2.34. The summed E-state index contributed by atoms with van der Waals surface area (Å²) in [4.78, 5) is 25.5. The van der Waals surface area contributed by atoms with Crippen LogP contribution in [0.25, 0.3) is 0 Å². The number of Topliss-reactive ketones (excluding diaryl/α,β-unsaturated/α-hetero) is 1. The van der Waals surface area contributed by atoms with Crippen LogP contribution in [0.5, 0.6) is 5.75 Å². The lowest BCUT2D eigenvalue weighted by Gasteiger charge is -2.39. The summed E-state index contributed by atoms with van der Waals surface area (Å²) in [6.45, 7) is 6.15. The number of fused-ring (bicyclic) bond motifs is 1. The van der Waals surface area contributed by atoms with Crippen molar-refractivity contribution in [2.45, 2.75) is 32.8 Å². The van der Waals surface area contributed by atoms with Crippen LogP contribution in [-0.4, -0.2) is 29.7 Å². The fourth-order valence-electron chi connectivity index (χ4n) is 2.27. The average molecular weight is 296 g/mol. The molecule has 108 valence electrons. The molecule has 20 heavy (non-hydrogen) atoms. The molecule has 1 amide bonds. The molecule has 0 unspecified atom stereocenters. The molecule has 0 radical (unpaired) electrons. The topological polar surface area (TPSA) is 46.6 Å². The van der Waals surface area contributed by atoms with E-state index in [9.17, 15) is 9.59 Å². The summed E-state index contributed by atoms with van der Waals surface area (Å²) in [5.74, 6) is 0.391. The van der Waals surface area contributed by atoms with E-state index in [-0.39, 0.29) is 17.6 Å². The zero-order chi connectivity index (χ0) is 14.9. The molecule has 0 atom stereocenters. The number of hydrogen-bond acceptors (Lipinski definition) is 3. The SMILES string of the molecule is CCC(=O)N1CC(C)(C)Oc2ccc(C(=O)CCl)cc21. The summed E-state index contributed by atoms with van der Waals surface area (Å²) >= 11 is 5.58. The predicted octanol–water partition coefficient (Wildman–Crippen LogP) is 3.02. The van der Waals surface area contributed by atoms with E-state index in [0.29, 0.717) is 30.0 Å². The van der Waals surface area contributed by atoms with Crippen molar-refractivity contribution < 1.29 is 14.3 Å². The van der Waals surface area contributed by atoms with Gasteiger partial charge in [0.15, 0.2) is 5.78 Å². The minimum atomic E-state index is -0.449. The van der Waals surface area contributed by atoms with Crippen molar-refractivity contribution in [2.24, 2.45) is 0 Å². The van der Waals surface area contributed by atoms with E-state index in [0.717, 1.165) is 0 Å². The molecule has 0 fully saturated rings. The van der Waals surface area contributed by atoms with Crippen LogP contribution in [0.3, 0.4) is 0 Å². The van der Waals surface area contributed by atoms with Crippen molar-refractivity contribution in [3.05, 3.63) is 23.8 Å². The van der Waals surface area contributed by atoms with Gasteiger partial charge in [-0.25, -0.2) is 0 Å². The lowest BCUT2D eigenvalue weighted by molar-refractivity contribution is -0.119. The second-order valence-electron chi connectivity index (χ2n) is 5.43. The fraction of sp³-hybridized carbons (Fsp3) is 0.467. The molecule has 0 bridgehead atoms. The van der Waals surface area contributed by atoms with Crippen molar-refractivity contribution in [3.63, 3.8) is 0 Å². The smallest absolute Gasteiger partial charge is 0.226 e. The fourth-order valence-corrected chi connectivity index (χ4v) is 2.43. The second kappa shape index (κ2) is 5.44. The van der Waals surface area contributed by atoms with Gasteiger partial charge >= 0.3 is 0 Å². The molecule has 1 aromatic carbocycles. The van der Waals surface area contributed by atoms with E-state index in [4.69, 9.17) is 16.3 Å². The highest BCUT2D eigenvalue weighted by atomic mass is 35.5. The number of ether oxygens (including phenoxy) is 1. The standard InChI is InChI=1S/C15H18ClNO3/c1-4-14(19)17-9-15(2,3)20-13-6-5-10(7-11(13)17)12(18)8-16/h5-7H,4,8-9H2,1-3H3. The number of carbonyl (C=O) groups is 2. The molecular weight excluding hydrogens is 278 g/mol. The number of halogens is 1. The van der Waals surface area contributed by atoms with Crippen LogP contribution in [-0.2, 0) is 4.79 Å². The van der Waals surface area contributed by atoms with Gasteiger partial charge in [-0.15, -0.1) is 11.6 Å². The van der Waals surface area contributed by atoms with Crippen LogP contribution in [0.4, 0.5) is 5.69 Å². The van der Waals surface area contributed by atoms with Crippen LogP contribution in [0.15, 0.2) is 18.2 Å². The first-order chi connectivity index (χ1) is 9.38. The lowest BCUT2D eigenvalue weighted by atomic mass is 10.0. The van der Waals surface area contributed by atoms with Gasteiger partial charge in [-0.3, -0.25) is 9.59 Å². The van der Waals surface area contributed by atoms with E-state index >= 15 is 0 Å². The summed E-state index contributed by atoms with van der Waals surface area (Å²) in [5.41, 5.74) is 0.693. The largest absolute Gasteiger partial charge is 0.484 e. The van der Waals surface area contributed by atoms with Gasteiger partial charge in [0.1, 0.15) is 11.4 Å². The van der Waals surface area contributed by atoms with Crippen molar-refractivity contribution in [3.8, 4) is 5.75 Å². The third-order valence-electron chi connectivity index (χ3n) is 3.22. The molecule has 1 aliphatic heterocycles. The average Bonchev–Trinajstić information content (AvgIpc) is 2.43. The van der Waals surface area contributed by atoms with Crippen molar-refractivity contribution >= 4 is 29.0 Å². The number of rotatable bonds is 3. The number of ketones is 1. The van der Waals surface area contributed by atoms with Crippen molar-refractivity contribution in [1.82, 2.24) is 0 Å². The molecule has 0 N–H and O–H groups in total. The van der Waals surface area contributed by atoms with Gasteiger partial charge in [-0.2, -0.15) is 0 Å². The van der Waals surface area contributed by atoms with E-state index < -0.39 is 5.60 Å². The molecular formula is C15H18ClNO3. The van der Waals surface area contributed by atoms with Crippen molar-refractivity contribution in [2.75, 3.05) is 17.3 Å². The zero-order valence-electron chi connectivity index (χ0n) is 11.9. The number of nitrogens with zero attached hydrogens (tertiary/aromatic N) is 1. The summed E-state index contributed by atoms with van der Waals surface area (Å²) < 4.78 is 5.87. The summed E-state index contributed by atoms with van der Waals surface area (Å²) in [6, 6.07) is 5.09. The van der Waals surface area contributed by atoms with E-state index in [1.807, 2.05) is 20.8 Å². The molecule has 0 saturated carbocycles. The second-order valence-corrected chi connectivity index (χ2v) is 5.70. The Kier molecular flexibility index (Phi) is 4.04. The number of benzene rings is 1. The van der Waals surface area contributed by atoms with Crippen molar-refractivity contribution in [1.29, 1.82) is 0 Å². The molecule has 1 aliphatic rings. The predicted molar refractivity (Wildman–Crippen MR) is 78.8 cm³/mol. The van der Waals surface area contributed by atoms with Gasteiger partial charge in [-0.05, 0) is 32.0 Å². The Labute approximate surface area is 123 Å². The Hall–Kier alpha value is -1.55. The normalized spacial score (nSPS) is 16.3. The van der Waals surface area contributed by atoms with Gasteiger partial charge in [0.05, 0.1) is 18.1 Å². The minimum absolute atomic E-state index is 0.0121. The Bertz CT molecular complexity index is 554. The summed E-state index contributed by atoms with van der Waals surface area (Å²) in [5, 5.41) is 0. The Morgan fingerprint density at radius 1 is 1.40 bits per heavy atom. The maximum absolute atomic E-state index is 12.1. The quantitative estimate of drug-likeness (QED) is 0.636. The van der Waals surface area contributed by atoms with E-state index in [1.165, 1.54) is 0 Å². The first-order valence-electron chi connectivity index (χ1n) is 6.60. The summed E-state index contributed by atoms with van der Waals surface area (Å²) in [6.07, 6.45) is 0.406. The molecule has 4 nitrogen and oxygen atoms in total. The number of hydrogen-bond donors (Lipinski definition) is 0. The van der Waals surface area contributed by atoms with Crippen LogP contribution < -0.4 is 9.64 Å². The van der Waals surface area contributed by atoms with Crippen LogP contribution in [0.2, 0.25) is 0 Å². The lowest BCUT2D eigenvalue weighted by Crippen LogP contribution is -2.49. The highest BCUT2D eigenvalue weighted by molar-refractivity contribution is 6.30. The molecule has 0 saturated heterocycles. The van der Waals surface area contributed by atoms with Gasteiger partial charge in [0.25, 0.3) is 0 Å². The zero-order valence-corrected chi connectivity index (χ0v) is 12.7. The van der Waals surface area contributed by atoms with Gasteiger partial charge in [0, 0.05) is 12.0 Å². The third-order valence-corrected chi connectivity index (χ3v) is 3.46. The number of amides is 1. The van der Waals surface area contributed by atoms with E-state index in [2.05, 4.69) is 0 Å². The first-order valence-corrected chi connectivity index (χ1v) is 7.14. The van der Waals surface area contributed by atoms with Crippen LogP contribution in [0.1, 0.15) is 37.6 Å². The van der Waals surface area contributed by atoms with Crippen LogP contribution >= 0.6 is 11.6 Å². The first kappa shape index (κ1) is 14.9. The Morgan fingerprint density at radius 3 is 2.70 bits per heavy atom. The summed E-state index contributed by atoms with van der Waals surface area (Å²) in [7, 11) is 0. The molecule has 2 rings (SSSR count). The molecule has 5 heteroatoms. The number of alkyl halides is 1.